The fraction of sp³-hybridized carbons (Fsp3) is 0.240. The number of rotatable bonds is 5. The first-order valence-corrected chi connectivity index (χ1v) is 10.6. The van der Waals surface area contributed by atoms with E-state index in [0.29, 0.717) is 65.2 Å². The van der Waals surface area contributed by atoms with Gasteiger partial charge in [-0.25, -0.2) is 4.39 Å². The molecule has 1 saturated heterocycles. The summed E-state index contributed by atoms with van der Waals surface area (Å²) < 4.78 is 24.8. The molecule has 1 N–H and O–H groups in total. The fourth-order valence-corrected chi connectivity index (χ4v) is 3.70. The van der Waals surface area contributed by atoms with E-state index in [0.717, 1.165) is 5.56 Å². The Morgan fingerprint density at radius 2 is 1.97 bits per heavy atom. The van der Waals surface area contributed by atoms with Crippen LogP contribution in [0.4, 0.5) is 4.39 Å². The Kier molecular flexibility index (Phi) is 6.65. The summed E-state index contributed by atoms with van der Waals surface area (Å²) in [6.07, 6.45) is 1.57. The molecule has 2 aromatic carbocycles. The van der Waals surface area contributed by atoms with Gasteiger partial charge in [-0.3, -0.25) is 14.9 Å². The third kappa shape index (κ3) is 4.70. The van der Waals surface area contributed by atoms with Crippen LogP contribution < -0.4 is 15.3 Å². The number of aromatic nitrogens is 2. The zero-order chi connectivity index (χ0) is 23.4. The molecule has 33 heavy (non-hydrogen) atoms. The predicted molar refractivity (Wildman–Crippen MR) is 125 cm³/mol. The minimum atomic E-state index is -0.407. The summed E-state index contributed by atoms with van der Waals surface area (Å²) in [5.41, 5.74) is 2.87. The third-order valence-electron chi connectivity index (χ3n) is 5.55. The monoisotopic (exact) mass is 448 g/mol. The number of aliphatic imine (C=N–C) groups is 1. The van der Waals surface area contributed by atoms with Crippen LogP contribution in [-0.2, 0) is 4.74 Å². The van der Waals surface area contributed by atoms with Crippen LogP contribution in [0.3, 0.4) is 0 Å². The molecule has 1 fully saturated rings. The van der Waals surface area contributed by atoms with Crippen molar-refractivity contribution in [1.82, 2.24) is 15.1 Å². The van der Waals surface area contributed by atoms with Crippen LogP contribution in [-0.4, -0.2) is 60.1 Å². The Morgan fingerprint density at radius 1 is 1.24 bits per heavy atom. The van der Waals surface area contributed by atoms with Crippen molar-refractivity contribution in [3.63, 3.8) is 0 Å². The van der Waals surface area contributed by atoms with Gasteiger partial charge in [-0.2, -0.15) is 5.10 Å². The highest BCUT2D eigenvalue weighted by Gasteiger charge is 2.18. The minimum absolute atomic E-state index is 0.0101. The molecule has 7 nitrogen and oxygen atoms in total. The van der Waals surface area contributed by atoms with Crippen molar-refractivity contribution in [2.45, 2.75) is 6.92 Å². The van der Waals surface area contributed by atoms with Gasteiger partial charge in [0, 0.05) is 29.4 Å². The number of methoxy groups -OCH3 is 1. The Labute approximate surface area is 190 Å². The second-order valence-corrected chi connectivity index (χ2v) is 7.61. The molecular weight excluding hydrogens is 423 g/mol. The topological polar surface area (TPSA) is 79.8 Å². The highest BCUT2D eigenvalue weighted by atomic mass is 19.1. The maximum atomic E-state index is 14.3. The zero-order valence-corrected chi connectivity index (χ0v) is 18.6. The summed E-state index contributed by atoms with van der Waals surface area (Å²) in [6.45, 7) is 8.14. The maximum absolute atomic E-state index is 14.3. The summed E-state index contributed by atoms with van der Waals surface area (Å²) in [5.74, 6) is -0.00323. The maximum Gasteiger partial charge on any atom is 0.254 e. The number of carbonyl (C=O) groups is 1. The number of hydrogen-bond acceptors (Lipinski definition) is 5. The fourth-order valence-electron chi connectivity index (χ4n) is 3.70. The lowest BCUT2D eigenvalue weighted by molar-refractivity contribution is 0.0303. The quantitative estimate of drug-likeness (QED) is 0.608. The van der Waals surface area contributed by atoms with Crippen LogP contribution in [0.1, 0.15) is 22.8 Å². The van der Waals surface area contributed by atoms with E-state index in [9.17, 15) is 9.18 Å². The number of ether oxygens (including phenoxy) is 2. The van der Waals surface area contributed by atoms with Crippen LogP contribution in [0.2, 0.25) is 0 Å². The van der Waals surface area contributed by atoms with E-state index >= 15 is 0 Å². The van der Waals surface area contributed by atoms with Crippen LogP contribution in [0.5, 0.6) is 5.75 Å². The van der Waals surface area contributed by atoms with Crippen molar-refractivity contribution in [1.29, 1.82) is 0 Å². The van der Waals surface area contributed by atoms with Gasteiger partial charge in [-0.05, 0) is 31.2 Å². The molecule has 3 aromatic rings. The first-order valence-electron chi connectivity index (χ1n) is 10.6. The van der Waals surface area contributed by atoms with Crippen molar-refractivity contribution >= 4 is 24.4 Å². The summed E-state index contributed by atoms with van der Waals surface area (Å²) in [7, 11) is 1.49. The van der Waals surface area contributed by atoms with Crippen molar-refractivity contribution in [2.75, 3.05) is 33.4 Å². The molecule has 0 aliphatic carbocycles. The van der Waals surface area contributed by atoms with Gasteiger partial charge in [0.1, 0.15) is 11.6 Å². The number of nitrogens with one attached hydrogen (secondary N) is 1. The molecule has 4 rings (SSSR count). The van der Waals surface area contributed by atoms with E-state index in [1.54, 1.807) is 42.3 Å². The van der Waals surface area contributed by atoms with Crippen LogP contribution in [0.15, 0.2) is 47.5 Å². The lowest BCUT2D eigenvalue weighted by Crippen LogP contribution is -2.40. The summed E-state index contributed by atoms with van der Waals surface area (Å²) >= 11 is 0. The van der Waals surface area contributed by atoms with Gasteiger partial charge >= 0.3 is 0 Å². The molecule has 170 valence electrons. The van der Waals surface area contributed by atoms with E-state index in [2.05, 4.69) is 21.8 Å². The molecule has 1 aliphatic rings. The second-order valence-electron chi connectivity index (χ2n) is 7.61. The smallest absolute Gasteiger partial charge is 0.254 e. The summed E-state index contributed by atoms with van der Waals surface area (Å²) in [6, 6.07) is 11.9. The van der Waals surface area contributed by atoms with Gasteiger partial charge < -0.3 is 14.4 Å². The zero-order valence-electron chi connectivity index (χ0n) is 18.6. The van der Waals surface area contributed by atoms with Crippen LogP contribution >= 0.6 is 0 Å². The first kappa shape index (κ1) is 22.4. The number of amides is 1. The molecule has 1 amide bonds. The number of aromatic amines is 1. The normalized spacial score (nSPS) is 15.1. The summed E-state index contributed by atoms with van der Waals surface area (Å²) in [4.78, 5) is 18.8. The summed E-state index contributed by atoms with van der Waals surface area (Å²) in [5, 5.41) is 8.53. The van der Waals surface area contributed by atoms with Crippen molar-refractivity contribution in [3.05, 3.63) is 70.0 Å². The lowest BCUT2D eigenvalue weighted by atomic mass is 10.1. The van der Waals surface area contributed by atoms with E-state index in [4.69, 9.17) is 9.47 Å². The molecule has 8 heteroatoms. The average molecular weight is 448 g/mol. The highest BCUT2D eigenvalue weighted by molar-refractivity contribution is 6.02. The number of hydrogen-bond donors (Lipinski definition) is 1. The van der Waals surface area contributed by atoms with Crippen molar-refractivity contribution in [2.24, 2.45) is 4.99 Å². The van der Waals surface area contributed by atoms with Gasteiger partial charge in [-0.15, -0.1) is 0 Å². The Morgan fingerprint density at radius 3 is 2.67 bits per heavy atom. The molecule has 1 aliphatic heterocycles. The molecule has 0 spiro atoms. The van der Waals surface area contributed by atoms with Gasteiger partial charge in [0.2, 0.25) is 0 Å². The standard InChI is InChI=1S/C25H25FN4O3/c1-16-21(15-27-17(2)23-20(26)5-4-6-22(23)32-3)28-29-24(16)18-7-9-19(10-8-18)25(31)30-11-13-33-14-12-30/h4-10,15,28H,1,11-14H2,2-3H3/b21-15+,27-17?. The SMILES string of the molecule is C=c1c(-c2ccc(C(=O)N3CCOCC3)cc2)n[nH]/c1=C/N=C(C)c1c(F)cccc1OC. The molecule has 2 heterocycles. The third-order valence-corrected chi connectivity index (χ3v) is 5.55. The molecule has 0 atom stereocenters. The van der Waals surface area contributed by atoms with E-state index in [1.807, 2.05) is 12.1 Å². The van der Waals surface area contributed by atoms with E-state index < -0.39 is 5.82 Å². The lowest BCUT2D eigenvalue weighted by Gasteiger charge is -2.26. The second kappa shape index (κ2) is 9.79. The van der Waals surface area contributed by atoms with Crippen molar-refractivity contribution < 1.29 is 18.7 Å². The molecular formula is C25H25FN4O3. The Hall–Kier alpha value is -3.78. The number of carbonyl (C=O) groups excluding carboxylic acids is 1. The van der Waals surface area contributed by atoms with Crippen LogP contribution in [0, 0.1) is 5.82 Å². The highest BCUT2D eigenvalue weighted by Crippen LogP contribution is 2.22. The largest absolute Gasteiger partial charge is 0.496 e. The van der Waals surface area contributed by atoms with E-state index in [-0.39, 0.29) is 5.91 Å². The van der Waals surface area contributed by atoms with E-state index in [1.165, 1.54) is 13.2 Å². The van der Waals surface area contributed by atoms with Gasteiger partial charge in [-0.1, -0.05) is 24.8 Å². The number of H-pyrrole nitrogens is 1. The molecule has 0 saturated carbocycles. The van der Waals surface area contributed by atoms with Crippen LogP contribution in [0.25, 0.3) is 24.0 Å². The number of morpholine rings is 1. The first-order chi connectivity index (χ1) is 16.0. The predicted octanol–water partition coefficient (Wildman–Crippen LogP) is 2.35. The van der Waals surface area contributed by atoms with Gasteiger partial charge in [0.25, 0.3) is 5.91 Å². The Bertz CT molecular complexity index is 1290. The number of halogens is 1. The van der Waals surface area contributed by atoms with Crippen molar-refractivity contribution in [3.8, 4) is 17.0 Å². The number of nitrogens with zero attached hydrogens (tertiary/aromatic N) is 3. The molecule has 0 bridgehead atoms. The molecule has 0 unspecified atom stereocenters. The Balaban J connectivity index is 1.58. The minimum Gasteiger partial charge on any atom is -0.496 e. The number of benzene rings is 2. The van der Waals surface area contributed by atoms with Gasteiger partial charge in [0.05, 0.1) is 48.8 Å². The molecule has 0 radical (unpaired) electrons. The average Bonchev–Trinajstić information content (AvgIpc) is 3.22. The van der Waals surface area contributed by atoms with Gasteiger partial charge in [0.15, 0.2) is 0 Å². The molecule has 1 aromatic heterocycles.